The van der Waals surface area contributed by atoms with Crippen LogP contribution in [0.25, 0.3) is 0 Å². The SMILES string of the molecule is COc1ccc(CO[C@@H]2[C@@H](OCc3ccc(OC)cc3)[C@H](O)O[C@@H]3COC(c4ccccc4)O[C@H]23)cc1. The third-order valence-corrected chi connectivity index (χ3v) is 6.58. The highest BCUT2D eigenvalue weighted by atomic mass is 16.7. The number of hydrogen-bond donors (Lipinski definition) is 1. The monoisotopic (exact) mass is 508 g/mol. The second-order valence-corrected chi connectivity index (χ2v) is 8.99. The topological polar surface area (TPSA) is 84.8 Å². The van der Waals surface area contributed by atoms with E-state index in [9.17, 15) is 5.11 Å². The van der Waals surface area contributed by atoms with Crippen LogP contribution in [0, 0.1) is 0 Å². The van der Waals surface area contributed by atoms with Gasteiger partial charge in [0.05, 0.1) is 34.0 Å². The lowest BCUT2D eigenvalue weighted by Crippen LogP contribution is -2.63. The third-order valence-electron chi connectivity index (χ3n) is 6.58. The molecule has 196 valence electrons. The molecule has 1 unspecified atom stereocenters. The van der Waals surface area contributed by atoms with Gasteiger partial charge >= 0.3 is 0 Å². The molecule has 3 aromatic rings. The highest BCUT2D eigenvalue weighted by Gasteiger charge is 2.51. The highest BCUT2D eigenvalue weighted by Crippen LogP contribution is 2.36. The van der Waals surface area contributed by atoms with Gasteiger partial charge in [0.1, 0.15) is 35.9 Å². The van der Waals surface area contributed by atoms with E-state index in [1.807, 2.05) is 78.9 Å². The molecule has 0 radical (unpaired) electrons. The van der Waals surface area contributed by atoms with E-state index in [-0.39, 0.29) is 13.2 Å². The van der Waals surface area contributed by atoms with Gasteiger partial charge in [-0.1, -0.05) is 54.6 Å². The minimum atomic E-state index is -1.21. The number of aliphatic hydroxyl groups is 1. The summed E-state index contributed by atoms with van der Waals surface area (Å²) in [7, 11) is 3.25. The maximum atomic E-state index is 10.9. The number of rotatable bonds is 9. The van der Waals surface area contributed by atoms with E-state index in [0.29, 0.717) is 6.61 Å². The summed E-state index contributed by atoms with van der Waals surface area (Å²) in [6.45, 7) is 0.815. The number of methoxy groups -OCH3 is 2. The Morgan fingerprint density at radius 3 is 1.86 bits per heavy atom. The van der Waals surface area contributed by atoms with Crippen molar-refractivity contribution in [2.24, 2.45) is 0 Å². The average molecular weight is 509 g/mol. The second-order valence-electron chi connectivity index (χ2n) is 8.99. The van der Waals surface area contributed by atoms with Gasteiger partial charge in [-0.05, 0) is 35.4 Å². The zero-order valence-corrected chi connectivity index (χ0v) is 20.9. The Morgan fingerprint density at radius 2 is 1.30 bits per heavy atom. The van der Waals surface area contributed by atoms with Crippen LogP contribution in [0.2, 0.25) is 0 Å². The van der Waals surface area contributed by atoms with E-state index in [0.717, 1.165) is 28.2 Å². The second kappa shape index (κ2) is 12.0. The summed E-state index contributed by atoms with van der Waals surface area (Å²) in [5, 5.41) is 10.9. The summed E-state index contributed by atoms with van der Waals surface area (Å²) >= 11 is 0. The molecule has 0 aromatic heterocycles. The molecule has 37 heavy (non-hydrogen) atoms. The normalized spacial score (nSPS) is 27.3. The van der Waals surface area contributed by atoms with Crippen molar-refractivity contribution < 1.29 is 38.3 Å². The number of aliphatic hydroxyl groups excluding tert-OH is 1. The first-order chi connectivity index (χ1) is 18.1. The smallest absolute Gasteiger partial charge is 0.184 e. The average Bonchev–Trinajstić information content (AvgIpc) is 2.96. The van der Waals surface area contributed by atoms with Gasteiger partial charge in [-0.3, -0.25) is 0 Å². The lowest BCUT2D eigenvalue weighted by atomic mass is 9.97. The van der Waals surface area contributed by atoms with Crippen molar-refractivity contribution in [3.63, 3.8) is 0 Å². The van der Waals surface area contributed by atoms with Gasteiger partial charge in [0.25, 0.3) is 0 Å². The van der Waals surface area contributed by atoms with Crippen LogP contribution in [-0.2, 0) is 36.9 Å². The summed E-state index contributed by atoms with van der Waals surface area (Å²) in [4.78, 5) is 0. The van der Waals surface area contributed by atoms with Gasteiger partial charge in [0, 0.05) is 5.56 Å². The summed E-state index contributed by atoms with van der Waals surface area (Å²) in [6, 6.07) is 24.9. The third kappa shape index (κ3) is 6.13. The van der Waals surface area contributed by atoms with Crippen LogP contribution in [0.5, 0.6) is 11.5 Å². The van der Waals surface area contributed by atoms with Crippen LogP contribution in [0.1, 0.15) is 23.0 Å². The van der Waals surface area contributed by atoms with Crippen molar-refractivity contribution in [1.29, 1.82) is 0 Å². The van der Waals surface area contributed by atoms with Gasteiger partial charge in [0.15, 0.2) is 12.6 Å². The van der Waals surface area contributed by atoms with E-state index in [2.05, 4.69) is 0 Å². The molecule has 2 fully saturated rings. The fourth-order valence-electron chi connectivity index (χ4n) is 4.54. The fraction of sp³-hybridized carbons (Fsp3) is 0.379. The Bertz CT molecular complexity index is 1110. The van der Waals surface area contributed by atoms with Crippen LogP contribution in [0.4, 0.5) is 0 Å². The van der Waals surface area contributed by atoms with E-state index in [4.69, 9.17) is 33.2 Å². The van der Waals surface area contributed by atoms with Crippen molar-refractivity contribution in [2.75, 3.05) is 20.8 Å². The molecule has 6 atom stereocenters. The van der Waals surface area contributed by atoms with Crippen LogP contribution >= 0.6 is 0 Å². The number of benzene rings is 3. The van der Waals surface area contributed by atoms with Crippen LogP contribution in [0.3, 0.4) is 0 Å². The first-order valence-electron chi connectivity index (χ1n) is 12.3. The lowest BCUT2D eigenvalue weighted by molar-refractivity contribution is -0.366. The van der Waals surface area contributed by atoms with E-state index >= 15 is 0 Å². The molecule has 8 nitrogen and oxygen atoms in total. The van der Waals surface area contributed by atoms with Crippen molar-refractivity contribution in [3.05, 3.63) is 95.6 Å². The molecule has 2 aliphatic rings. The molecule has 3 aromatic carbocycles. The molecule has 1 N–H and O–H groups in total. The van der Waals surface area contributed by atoms with Gasteiger partial charge in [-0.2, -0.15) is 0 Å². The van der Waals surface area contributed by atoms with Gasteiger partial charge < -0.3 is 38.3 Å². The van der Waals surface area contributed by atoms with E-state index in [1.165, 1.54) is 0 Å². The first kappa shape index (κ1) is 25.7. The maximum Gasteiger partial charge on any atom is 0.184 e. The van der Waals surface area contributed by atoms with Gasteiger partial charge in [0.2, 0.25) is 0 Å². The molecule has 2 saturated heterocycles. The standard InChI is InChI=1S/C29H32O8/c1-31-22-12-8-19(9-13-22)16-33-26-25-24(18-35-29(37-25)21-6-4-3-5-7-21)36-28(30)27(26)34-17-20-10-14-23(32-2)15-11-20/h3-15,24-30H,16-18H2,1-2H3/t24-,25+,26+,27-,28-,29?/m1/s1. The van der Waals surface area contributed by atoms with Gasteiger partial charge in [-0.15, -0.1) is 0 Å². The molecule has 0 aliphatic carbocycles. The molecule has 0 amide bonds. The van der Waals surface area contributed by atoms with Crippen LogP contribution in [-0.4, -0.2) is 56.6 Å². The fourth-order valence-corrected chi connectivity index (χ4v) is 4.54. The Morgan fingerprint density at radius 1 is 0.730 bits per heavy atom. The van der Waals surface area contributed by atoms with E-state index < -0.39 is 37.0 Å². The highest BCUT2D eigenvalue weighted by molar-refractivity contribution is 5.27. The van der Waals surface area contributed by atoms with E-state index in [1.54, 1.807) is 14.2 Å². The molecular formula is C29H32O8. The molecule has 0 spiro atoms. The van der Waals surface area contributed by atoms with Crippen LogP contribution < -0.4 is 9.47 Å². The Hall–Kier alpha value is -2.98. The van der Waals surface area contributed by atoms with Crippen molar-refractivity contribution >= 4 is 0 Å². The molecule has 8 heteroatoms. The van der Waals surface area contributed by atoms with Gasteiger partial charge in [-0.25, -0.2) is 0 Å². The first-order valence-corrected chi connectivity index (χ1v) is 12.3. The minimum absolute atomic E-state index is 0.257. The predicted octanol–water partition coefficient (Wildman–Crippen LogP) is 4.01. The molecule has 0 bridgehead atoms. The number of ether oxygens (including phenoxy) is 7. The minimum Gasteiger partial charge on any atom is -0.497 e. The number of hydrogen-bond acceptors (Lipinski definition) is 8. The van der Waals surface area contributed by atoms with Crippen LogP contribution in [0.15, 0.2) is 78.9 Å². The summed E-state index contributed by atoms with van der Waals surface area (Å²) in [5.41, 5.74) is 2.79. The largest absolute Gasteiger partial charge is 0.497 e. The van der Waals surface area contributed by atoms with Crippen molar-refractivity contribution in [2.45, 2.75) is 50.2 Å². The Balaban J connectivity index is 1.35. The quantitative estimate of drug-likeness (QED) is 0.464. The molecule has 0 saturated carbocycles. The van der Waals surface area contributed by atoms with Crippen molar-refractivity contribution in [3.8, 4) is 11.5 Å². The molecule has 2 aliphatic heterocycles. The Kier molecular flexibility index (Phi) is 8.35. The number of fused-ring (bicyclic) bond motifs is 1. The van der Waals surface area contributed by atoms with Crippen molar-refractivity contribution in [1.82, 2.24) is 0 Å². The predicted molar refractivity (Wildman–Crippen MR) is 134 cm³/mol. The zero-order valence-electron chi connectivity index (χ0n) is 20.9. The molecule has 2 heterocycles. The summed E-state index contributed by atoms with van der Waals surface area (Å²) in [5.74, 6) is 1.53. The summed E-state index contributed by atoms with van der Waals surface area (Å²) < 4.78 is 41.3. The molecule has 5 rings (SSSR count). The Labute approximate surface area is 216 Å². The maximum absolute atomic E-state index is 10.9. The zero-order chi connectivity index (χ0) is 25.6. The molecular weight excluding hydrogens is 476 g/mol. The summed E-state index contributed by atoms with van der Waals surface area (Å²) in [6.07, 6.45) is -4.19. The lowest BCUT2D eigenvalue weighted by Gasteiger charge is -2.47.